The first-order chi connectivity index (χ1) is 15.9. The molecule has 1 atom stereocenters. The van der Waals surface area contributed by atoms with E-state index in [4.69, 9.17) is 0 Å². The van der Waals surface area contributed by atoms with Gasteiger partial charge in [0.05, 0.1) is 17.2 Å². The first-order valence-electron chi connectivity index (χ1n) is 10.5. The van der Waals surface area contributed by atoms with Crippen molar-refractivity contribution >= 4 is 17.0 Å². The highest BCUT2D eigenvalue weighted by Crippen LogP contribution is 2.36. The number of nitrogens with zero attached hydrogens (tertiary/aromatic N) is 3. The summed E-state index contributed by atoms with van der Waals surface area (Å²) in [5.41, 5.74) is 0.798. The van der Waals surface area contributed by atoms with Gasteiger partial charge in [-0.1, -0.05) is 38.1 Å². The Labute approximate surface area is 193 Å². The van der Waals surface area contributed by atoms with Gasteiger partial charge in [0.15, 0.2) is 0 Å². The summed E-state index contributed by atoms with van der Waals surface area (Å²) >= 11 is 0. The van der Waals surface area contributed by atoms with Crippen LogP contribution in [0.25, 0.3) is 16.7 Å². The Morgan fingerprint density at radius 3 is 2.26 bits per heavy atom. The molecule has 0 saturated heterocycles. The van der Waals surface area contributed by atoms with Crippen LogP contribution in [-0.2, 0) is 22.8 Å². The van der Waals surface area contributed by atoms with Gasteiger partial charge in [0.25, 0.3) is 0 Å². The fraction of sp³-hybridized carbons (Fsp3) is 0.240. The molecule has 0 aliphatic carbocycles. The fourth-order valence-corrected chi connectivity index (χ4v) is 3.96. The third-order valence-electron chi connectivity index (χ3n) is 6.07. The summed E-state index contributed by atoms with van der Waals surface area (Å²) in [6.45, 7) is 3.65. The van der Waals surface area contributed by atoms with Gasteiger partial charge in [-0.3, -0.25) is 4.79 Å². The fourth-order valence-electron chi connectivity index (χ4n) is 3.96. The van der Waals surface area contributed by atoms with E-state index in [1.165, 1.54) is 23.0 Å². The lowest BCUT2D eigenvalue weighted by Gasteiger charge is -2.32. The molecule has 6 nitrogen and oxygen atoms in total. The second-order valence-corrected chi connectivity index (χ2v) is 8.72. The van der Waals surface area contributed by atoms with Crippen LogP contribution >= 0.6 is 0 Å². The van der Waals surface area contributed by atoms with Gasteiger partial charge in [0.1, 0.15) is 16.8 Å². The molecule has 0 aliphatic heterocycles. The molecule has 0 saturated carbocycles. The van der Waals surface area contributed by atoms with E-state index in [0.717, 1.165) is 17.7 Å². The Morgan fingerprint density at radius 2 is 1.62 bits per heavy atom. The summed E-state index contributed by atoms with van der Waals surface area (Å²) in [6.07, 6.45) is -4.23. The number of hydrogen-bond acceptors (Lipinski definition) is 4. The van der Waals surface area contributed by atoms with E-state index in [1.807, 2.05) is 13.8 Å². The number of benzene rings is 3. The van der Waals surface area contributed by atoms with Crippen LogP contribution in [0.3, 0.4) is 0 Å². The first kappa shape index (κ1) is 23.3. The molecule has 4 rings (SSSR count). The van der Waals surface area contributed by atoms with E-state index in [0.29, 0.717) is 16.8 Å². The molecule has 34 heavy (non-hydrogen) atoms. The number of aliphatic carboxylic acids is 1. The lowest BCUT2D eigenvalue weighted by molar-refractivity contribution is -0.144. The number of aromatic hydroxyl groups is 1. The molecule has 0 bridgehead atoms. The highest BCUT2D eigenvalue weighted by molar-refractivity contribution is 5.75. The SMILES string of the molecule is CC(C)(c1cccc(-n2nc3ccc(C(F)(F)F)cc3n2)c1)C(Cc1ccc(O)cc1)C(=O)O. The topological polar surface area (TPSA) is 88.2 Å². The van der Waals surface area contributed by atoms with Crippen molar-refractivity contribution in [3.05, 3.63) is 83.4 Å². The largest absolute Gasteiger partial charge is 0.508 e. The van der Waals surface area contributed by atoms with Crippen molar-refractivity contribution in [2.45, 2.75) is 31.9 Å². The van der Waals surface area contributed by atoms with Crippen LogP contribution in [0.1, 0.15) is 30.5 Å². The van der Waals surface area contributed by atoms with Gasteiger partial charge in [-0.2, -0.15) is 18.0 Å². The molecule has 9 heteroatoms. The molecular weight excluding hydrogens is 447 g/mol. The van der Waals surface area contributed by atoms with Crippen molar-refractivity contribution in [3.8, 4) is 11.4 Å². The number of phenols is 1. The van der Waals surface area contributed by atoms with Crippen LogP contribution in [0.4, 0.5) is 13.2 Å². The number of aromatic nitrogens is 3. The van der Waals surface area contributed by atoms with E-state index in [1.54, 1.807) is 36.4 Å². The van der Waals surface area contributed by atoms with Crippen LogP contribution in [0.15, 0.2) is 66.7 Å². The Morgan fingerprint density at radius 1 is 0.941 bits per heavy atom. The minimum Gasteiger partial charge on any atom is -0.508 e. The summed E-state index contributed by atoms with van der Waals surface area (Å²) in [4.78, 5) is 13.5. The second-order valence-electron chi connectivity index (χ2n) is 8.72. The summed E-state index contributed by atoms with van der Waals surface area (Å²) in [5.74, 6) is -1.65. The maximum absolute atomic E-state index is 13.0. The van der Waals surface area contributed by atoms with Crippen LogP contribution in [0.5, 0.6) is 5.75 Å². The predicted molar refractivity (Wildman–Crippen MR) is 120 cm³/mol. The van der Waals surface area contributed by atoms with Crippen LogP contribution < -0.4 is 0 Å². The maximum Gasteiger partial charge on any atom is 0.416 e. The molecule has 0 amide bonds. The number of carboxylic acid groups (broad SMARTS) is 1. The van der Waals surface area contributed by atoms with Gasteiger partial charge in [-0.15, -0.1) is 10.2 Å². The normalized spacial score (nSPS) is 13.2. The van der Waals surface area contributed by atoms with Crippen molar-refractivity contribution in [2.24, 2.45) is 5.92 Å². The van der Waals surface area contributed by atoms with Gasteiger partial charge in [0, 0.05) is 5.41 Å². The highest BCUT2D eigenvalue weighted by Gasteiger charge is 2.37. The van der Waals surface area contributed by atoms with Crippen molar-refractivity contribution in [1.29, 1.82) is 0 Å². The van der Waals surface area contributed by atoms with Crippen molar-refractivity contribution in [2.75, 3.05) is 0 Å². The van der Waals surface area contributed by atoms with Gasteiger partial charge in [-0.05, 0) is 60.0 Å². The average molecular weight is 469 g/mol. The Balaban J connectivity index is 1.68. The summed E-state index contributed by atoms with van der Waals surface area (Å²) in [7, 11) is 0. The number of halogens is 3. The van der Waals surface area contributed by atoms with Crippen molar-refractivity contribution in [3.63, 3.8) is 0 Å². The first-order valence-corrected chi connectivity index (χ1v) is 10.5. The molecule has 176 valence electrons. The number of phenolic OH excluding ortho intramolecular Hbond substituents is 1. The van der Waals surface area contributed by atoms with Gasteiger partial charge < -0.3 is 10.2 Å². The van der Waals surface area contributed by atoms with E-state index in [2.05, 4.69) is 10.2 Å². The third-order valence-corrected chi connectivity index (χ3v) is 6.07. The van der Waals surface area contributed by atoms with Gasteiger partial charge in [-0.25, -0.2) is 0 Å². The monoisotopic (exact) mass is 469 g/mol. The number of alkyl halides is 3. The van der Waals surface area contributed by atoms with Gasteiger partial charge >= 0.3 is 12.1 Å². The zero-order valence-electron chi connectivity index (χ0n) is 18.4. The number of hydrogen-bond donors (Lipinski definition) is 2. The molecule has 1 aromatic heterocycles. The van der Waals surface area contributed by atoms with Crippen LogP contribution in [0.2, 0.25) is 0 Å². The lowest BCUT2D eigenvalue weighted by Crippen LogP contribution is -2.36. The quantitative estimate of drug-likeness (QED) is 0.397. The smallest absolute Gasteiger partial charge is 0.416 e. The molecule has 1 heterocycles. The molecule has 0 fully saturated rings. The minimum atomic E-state index is -4.48. The second kappa shape index (κ2) is 8.48. The third kappa shape index (κ3) is 4.59. The molecular formula is C25H22F3N3O3. The van der Waals surface area contributed by atoms with E-state index in [9.17, 15) is 28.2 Å². The zero-order chi connectivity index (χ0) is 24.7. The van der Waals surface area contributed by atoms with E-state index >= 15 is 0 Å². The Kier molecular flexibility index (Phi) is 5.80. The number of fused-ring (bicyclic) bond motifs is 1. The lowest BCUT2D eigenvalue weighted by atomic mass is 9.71. The van der Waals surface area contributed by atoms with Crippen molar-refractivity contribution < 1.29 is 28.2 Å². The molecule has 0 spiro atoms. The predicted octanol–water partition coefficient (Wildman–Crippen LogP) is 5.37. The molecule has 1 unspecified atom stereocenters. The Bertz CT molecular complexity index is 1350. The standard InChI is InChI=1S/C25H22F3N3O3/c1-24(2,20(23(33)34)12-15-6-9-19(32)10-7-15)16-4-3-5-18(13-16)31-29-21-11-8-17(25(26,27)28)14-22(21)30-31/h3-11,13-14,20,32H,12H2,1-2H3,(H,33,34). The highest BCUT2D eigenvalue weighted by atomic mass is 19.4. The Hall–Kier alpha value is -3.88. The number of carboxylic acids is 1. The van der Waals surface area contributed by atoms with Crippen LogP contribution in [-0.4, -0.2) is 31.2 Å². The van der Waals surface area contributed by atoms with Crippen molar-refractivity contribution in [1.82, 2.24) is 15.0 Å². The zero-order valence-corrected chi connectivity index (χ0v) is 18.4. The molecule has 0 aliphatic rings. The number of rotatable bonds is 6. The van der Waals surface area contributed by atoms with Gasteiger partial charge in [0.2, 0.25) is 0 Å². The summed E-state index contributed by atoms with van der Waals surface area (Å²) < 4.78 is 39.1. The summed E-state index contributed by atoms with van der Waals surface area (Å²) in [5, 5.41) is 28.0. The minimum absolute atomic E-state index is 0.101. The molecule has 0 radical (unpaired) electrons. The molecule has 3 aromatic carbocycles. The maximum atomic E-state index is 13.0. The number of carbonyl (C=O) groups is 1. The molecule has 2 N–H and O–H groups in total. The van der Waals surface area contributed by atoms with Crippen LogP contribution in [0, 0.1) is 5.92 Å². The average Bonchev–Trinajstić information content (AvgIpc) is 3.21. The molecule has 4 aromatic rings. The van der Waals surface area contributed by atoms with E-state index in [-0.39, 0.29) is 17.7 Å². The summed E-state index contributed by atoms with van der Waals surface area (Å²) in [6, 6.07) is 16.6. The van der Waals surface area contributed by atoms with E-state index < -0.39 is 29.0 Å².